The second-order valence-electron chi connectivity index (χ2n) is 5.37. The van der Waals surface area contributed by atoms with Crippen LogP contribution in [-0.4, -0.2) is 23.0 Å². The van der Waals surface area contributed by atoms with Crippen LogP contribution in [0.15, 0.2) is 64.8 Å². The summed E-state index contributed by atoms with van der Waals surface area (Å²) in [6.45, 7) is 3.21. The molecule has 4 heteroatoms. The normalized spacial score (nSPS) is 14.0. The van der Waals surface area contributed by atoms with E-state index in [1.807, 2.05) is 42.2 Å². The maximum absolute atomic E-state index is 12.9. The number of rotatable bonds is 4. The zero-order valence-corrected chi connectivity index (χ0v) is 14.3. The van der Waals surface area contributed by atoms with Gasteiger partial charge in [-0.05, 0) is 28.4 Å². The molecule has 0 aliphatic heterocycles. The fourth-order valence-corrected chi connectivity index (χ4v) is 3.41. The monoisotopic (exact) mass is 369 g/mol. The molecule has 0 spiro atoms. The van der Waals surface area contributed by atoms with Crippen molar-refractivity contribution in [2.24, 2.45) is 0 Å². The SMILES string of the molecule is CCN(Cc1ccccc1)C1=C(Br)C(=O)c2ccccc2C1=O. The molecule has 1 aliphatic rings. The summed E-state index contributed by atoms with van der Waals surface area (Å²) in [5, 5.41) is 0. The molecule has 0 N–H and O–H groups in total. The minimum absolute atomic E-state index is 0.107. The number of fused-ring (bicyclic) bond motifs is 1. The lowest BCUT2D eigenvalue weighted by Gasteiger charge is -2.29. The quantitative estimate of drug-likeness (QED) is 0.810. The third-order valence-corrected chi connectivity index (χ3v) is 4.69. The molecule has 116 valence electrons. The first kappa shape index (κ1) is 15.7. The highest BCUT2D eigenvalue weighted by Crippen LogP contribution is 2.32. The molecule has 2 aromatic rings. The molecular weight excluding hydrogens is 354 g/mol. The molecule has 0 atom stereocenters. The molecule has 0 radical (unpaired) electrons. The van der Waals surface area contributed by atoms with E-state index in [1.54, 1.807) is 24.3 Å². The van der Waals surface area contributed by atoms with Crippen molar-refractivity contribution >= 4 is 27.5 Å². The highest BCUT2D eigenvalue weighted by Gasteiger charge is 2.33. The highest BCUT2D eigenvalue weighted by molar-refractivity contribution is 9.12. The summed E-state index contributed by atoms with van der Waals surface area (Å²) in [5.74, 6) is -0.244. The van der Waals surface area contributed by atoms with Crippen molar-refractivity contribution < 1.29 is 9.59 Å². The Kier molecular flexibility index (Phi) is 4.44. The van der Waals surface area contributed by atoms with Crippen molar-refractivity contribution in [2.75, 3.05) is 6.54 Å². The number of hydrogen-bond acceptors (Lipinski definition) is 3. The molecule has 3 nitrogen and oxygen atoms in total. The van der Waals surface area contributed by atoms with Gasteiger partial charge in [-0.15, -0.1) is 0 Å². The van der Waals surface area contributed by atoms with E-state index >= 15 is 0 Å². The van der Waals surface area contributed by atoms with Gasteiger partial charge in [0.25, 0.3) is 0 Å². The molecule has 3 rings (SSSR count). The fourth-order valence-electron chi connectivity index (χ4n) is 2.77. The Bertz CT molecular complexity index is 796. The summed E-state index contributed by atoms with van der Waals surface area (Å²) in [6.07, 6.45) is 0. The van der Waals surface area contributed by atoms with Crippen LogP contribution < -0.4 is 0 Å². The Hall–Kier alpha value is -2.20. The van der Waals surface area contributed by atoms with Gasteiger partial charge in [0, 0.05) is 24.2 Å². The molecule has 0 unspecified atom stereocenters. The van der Waals surface area contributed by atoms with Crippen LogP contribution in [0.25, 0.3) is 0 Å². The number of hydrogen-bond donors (Lipinski definition) is 0. The number of Topliss-reactive ketones (excluding diaryl/α,β-unsaturated/α-hetero) is 2. The van der Waals surface area contributed by atoms with E-state index in [0.717, 1.165) is 5.56 Å². The molecule has 0 bridgehead atoms. The summed E-state index contributed by atoms with van der Waals surface area (Å²) < 4.78 is 0.346. The number of likely N-dealkylation sites (N-methyl/N-ethyl adjacent to an activating group) is 1. The van der Waals surface area contributed by atoms with Crippen LogP contribution in [0.2, 0.25) is 0 Å². The van der Waals surface area contributed by atoms with Crippen molar-refractivity contribution in [1.29, 1.82) is 0 Å². The number of halogens is 1. The first-order valence-electron chi connectivity index (χ1n) is 7.50. The smallest absolute Gasteiger partial charge is 0.211 e. The highest BCUT2D eigenvalue weighted by atomic mass is 79.9. The molecule has 0 aromatic heterocycles. The lowest BCUT2D eigenvalue weighted by molar-refractivity contribution is 0.0947. The lowest BCUT2D eigenvalue weighted by Crippen LogP contribution is -2.32. The van der Waals surface area contributed by atoms with E-state index in [9.17, 15) is 9.59 Å². The second-order valence-corrected chi connectivity index (χ2v) is 6.16. The number of benzene rings is 2. The van der Waals surface area contributed by atoms with Crippen LogP contribution in [0.4, 0.5) is 0 Å². The Labute approximate surface area is 143 Å². The molecule has 23 heavy (non-hydrogen) atoms. The zero-order chi connectivity index (χ0) is 16.4. The Morgan fingerprint density at radius 2 is 1.43 bits per heavy atom. The molecule has 0 fully saturated rings. The van der Waals surface area contributed by atoms with E-state index in [2.05, 4.69) is 15.9 Å². The van der Waals surface area contributed by atoms with Gasteiger partial charge in [0.05, 0.1) is 4.48 Å². The van der Waals surface area contributed by atoms with Gasteiger partial charge in [0.1, 0.15) is 5.70 Å². The van der Waals surface area contributed by atoms with E-state index in [1.165, 1.54) is 0 Å². The van der Waals surface area contributed by atoms with E-state index in [4.69, 9.17) is 0 Å². The molecule has 0 amide bonds. The predicted molar refractivity (Wildman–Crippen MR) is 93.6 cm³/mol. The van der Waals surface area contributed by atoms with E-state index in [0.29, 0.717) is 34.4 Å². The van der Waals surface area contributed by atoms with E-state index < -0.39 is 0 Å². The first-order valence-corrected chi connectivity index (χ1v) is 8.29. The standard InChI is InChI=1S/C19H16BrNO2/c1-2-21(12-13-8-4-3-5-9-13)17-16(20)18(22)14-10-6-7-11-15(14)19(17)23/h3-11H,2,12H2,1H3. The first-order chi connectivity index (χ1) is 11.1. The minimum Gasteiger partial charge on any atom is -0.363 e. The van der Waals surface area contributed by atoms with Crippen LogP contribution in [-0.2, 0) is 6.54 Å². The summed E-state index contributed by atoms with van der Waals surface area (Å²) in [7, 11) is 0. The summed E-state index contributed by atoms with van der Waals surface area (Å²) >= 11 is 3.35. The van der Waals surface area contributed by atoms with Crippen LogP contribution >= 0.6 is 15.9 Å². The van der Waals surface area contributed by atoms with Crippen LogP contribution in [0.1, 0.15) is 33.2 Å². The fraction of sp³-hybridized carbons (Fsp3) is 0.158. The number of ketones is 2. The van der Waals surface area contributed by atoms with Crippen LogP contribution in [0.3, 0.4) is 0 Å². The predicted octanol–water partition coefficient (Wildman–Crippen LogP) is 4.19. The van der Waals surface area contributed by atoms with Crippen LogP contribution in [0, 0.1) is 0 Å². The van der Waals surface area contributed by atoms with Crippen molar-refractivity contribution in [3.8, 4) is 0 Å². The molecule has 2 aromatic carbocycles. The largest absolute Gasteiger partial charge is 0.363 e. The number of carbonyl (C=O) groups excluding carboxylic acids is 2. The van der Waals surface area contributed by atoms with Crippen molar-refractivity contribution in [3.63, 3.8) is 0 Å². The average molecular weight is 370 g/mol. The Morgan fingerprint density at radius 1 is 0.870 bits per heavy atom. The number of allylic oxidation sites excluding steroid dienone is 2. The number of nitrogens with zero attached hydrogens (tertiary/aromatic N) is 1. The zero-order valence-electron chi connectivity index (χ0n) is 12.8. The van der Waals surface area contributed by atoms with Gasteiger partial charge in [0.2, 0.25) is 11.6 Å². The van der Waals surface area contributed by atoms with Gasteiger partial charge in [-0.25, -0.2) is 0 Å². The Balaban J connectivity index is 2.01. The topological polar surface area (TPSA) is 37.4 Å². The number of carbonyl (C=O) groups is 2. The molecule has 0 saturated heterocycles. The second kappa shape index (κ2) is 6.50. The van der Waals surface area contributed by atoms with Gasteiger partial charge in [0.15, 0.2) is 0 Å². The van der Waals surface area contributed by atoms with Gasteiger partial charge >= 0.3 is 0 Å². The van der Waals surface area contributed by atoms with Gasteiger partial charge in [-0.1, -0.05) is 54.6 Å². The van der Waals surface area contributed by atoms with Crippen molar-refractivity contribution in [3.05, 3.63) is 81.5 Å². The van der Waals surface area contributed by atoms with E-state index in [-0.39, 0.29) is 11.6 Å². The van der Waals surface area contributed by atoms with Gasteiger partial charge < -0.3 is 4.90 Å². The van der Waals surface area contributed by atoms with Crippen LogP contribution in [0.5, 0.6) is 0 Å². The van der Waals surface area contributed by atoms with Gasteiger partial charge in [-0.3, -0.25) is 9.59 Å². The molecule has 1 aliphatic carbocycles. The minimum atomic E-state index is -0.137. The summed E-state index contributed by atoms with van der Waals surface area (Å²) in [5.41, 5.74) is 2.48. The molecular formula is C19H16BrNO2. The third-order valence-electron chi connectivity index (χ3n) is 3.95. The van der Waals surface area contributed by atoms with Crippen molar-refractivity contribution in [2.45, 2.75) is 13.5 Å². The van der Waals surface area contributed by atoms with Crippen molar-refractivity contribution in [1.82, 2.24) is 4.90 Å². The Morgan fingerprint density at radius 3 is 2.04 bits per heavy atom. The summed E-state index contributed by atoms with van der Waals surface area (Å²) in [6, 6.07) is 16.9. The molecule has 0 heterocycles. The summed E-state index contributed by atoms with van der Waals surface area (Å²) in [4.78, 5) is 27.4. The average Bonchev–Trinajstić information content (AvgIpc) is 2.60. The molecule has 0 saturated carbocycles. The third kappa shape index (κ3) is 2.86. The van der Waals surface area contributed by atoms with Gasteiger partial charge in [-0.2, -0.15) is 0 Å². The lowest BCUT2D eigenvalue weighted by atomic mass is 9.92. The maximum atomic E-state index is 12.9. The maximum Gasteiger partial charge on any atom is 0.211 e.